The van der Waals surface area contributed by atoms with Gasteiger partial charge in [0.2, 0.25) is 0 Å². The molecule has 1 atom stereocenters. The van der Waals surface area contributed by atoms with E-state index in [2.05, 4.69) is 5.32 Å². The van der Waals surface area contributed by atoms with Crippen molar-refractivity contribution in [3.8, 4) is 6.07 Å². The first kappa shape index (κ1) is 18.8. The normalized spacial score (nSPS) is 11.8. The van der Waals surface area contributed by atoms with E-state index in [0.717, 1.165) is 17.4 Å². The number of esters is 1. The predicted molar refractivity (Wildman–Crippen MR) is 91.0 cm³/mol. The standard InChI is InChI=1S/C17H17F2N3O2S/c1-3-24-17(23)15-13(12(7-20)16(21)25-15)8-22-9(2)11-5-4-10(18)6-14(11)19/h4-6,9,22H,3,8,21H2,1-2H3/t9-/m1/s1. The van der Waals surface area contributed by atoms with Gasteiger partial charge in [0, 0.05) is 29.8 Å². The largest absolute Gasteiger partial charge is 0.462 e. The SMILES string of the molecule is CCOC(=O)c1sc(N)c(C#N)c1CN[C@H](C)c1ccc(F)cc1F. The maximum absolute atomic E-state index is 13.9. The Morgan fingerprint density at radius 2 is 2.20 bits per heavy atom. The van der Waals surface area contributed by atoms with Crippen LogP contribution < -0.4 is 11.1 Å². The summed E-state index contributed by atoms with van der Waals surface area (Å²) in [5, 5.41) is 12.5. The average Bonchev–Trinajstić information content (AvgIpc) is 2.88. The molecule has 0 radical (unpaired) electrons. The first-order valence-corrected chi connectivity index (χ1v) is 8.37. The molecular formula is C17H17F2N3O2S. The first-order chi connectivity index (χ1) is 11.9. The Balaban J connectivity index is 2.24. The Hall–Kier alpha value is -2.50. The monoisotopic (exact) mass is 365 g/mol. The van der Waals surface area contributed by atoms with Crippen molar-refractivity contribution in [3.63, 3.8) is 0 Å². The Morgan fingerprint density at radius 1 is 1.48 bits per heavy atom. The maximum atomic E-state index is 13.9. The molecule has 8 heteroatoms. The smallest absolute Gasteiger partial charge is 0.348 e. The van der Waals surface area contributed by atoms with E-state index in [0.29, 0.717) is 5.56 Å². The molecule has 0 saturated carbocycles. The Bertz CT molecular complexity index is 830. The van der Waals surface area contributed by atoms with E-state index in [9.17, 15) is 18.8 Å². The lowest BCUT2D eigenvalue weighted by Gasteiger charge is -2.15. The number of hydrogen-bond donors (Lipinski definition) is 2. The summed E-state index contributed by atoms with van der Waals surface area (Å²) in [4.78, 5) is 12.3. The number of nitrogens with one attached hydrogen (secondary N) is 1. The van der Waals surface area contributed by atoms with Gasteiger partial charge in [0.25, 0.3) is 0 Å². The maximum Gasteiger partial charge on any atom is 0.348 e. The zero-order valence-electron chi connectivity index (χ0n) is 13.7. The van der Waals surface area contributed by atoms with Crippen LogP contribution in [0.5, 0.6) is 0 Å². The second-order valence-corrected chi connectivity index (χ2v) is 6.30. The van der Waals surface area contributed by atoms with Crippen LogP contribution in [0.1, 0.15) is 46.3 Å². The minimum Gasteiger partial charge on any atom is -0.462 e. The van der Waals surface area contributed by atoms with Gasteiger partial charge in [-0.25, -0.2) is 13.6 Å². The molecule has 0 fully saturated rings. The fourth-order valence-corrected chi connectivity index (χ4v) is 3.29. The summed E-state index contributed by atoms with van der Waals surface area (Å²) in [6, 6.07) is 4.83. The van der Waals surface area contributed by atoms with Gasteiger partial charge in [-0.05, 0) is 19.9 Å². The van der Waals surface area contributed by atoms with Crippen LogP contribution in [-0.2, 0) is 11.3 Å². The highest BCUT2D eigenvalue weighted by Gasteiger charge is 2.23. The number of hydrogen-bond acceptors (Lipinski definition) is 6. The second kappa shape index (κ2) is 8.05. The minimum absolute atomic E-state index is 0.114. The topological polar surface area (TPSA) is 88.1 Å². The van der Waals surface area contributed by atoms with Crippen molar-refractivity contribution in [2.75, 3.05) is 12.3 Å². The fourth-order valence-electron chi connectivity index (χ4n) is 2.36. The molecular weight excluding hydrogens is 348 g/mol. The van der Waals surface area contributed by atoms with E-state index in [4.69, 9.17) is 10.5 Å². The van der Waals surface area contributed by atoms with Crippen LogP contribution in [0.15, 0.2) is 18.2 Å². The summed E-state index contributed by atoms with van der Waals surface area (Å²) in [6.45, 7) is 3.69. The summed E-state index contributed by atoms with van der Waals surface area (Å²) in [6.07, 6.45) is 0. The summed E-state index contributed by atoms with van der Waals surface area (Å²) in [5.74, 6) is -1.88. The van der Waals surface area contributed by atoms with E-state index in [1.54, 1.807) is 13.8 Å². The number of halogens is 2. The minimum atomic E-state index is -0.670. The molecule has 0 unspecified atom stereocenters. The second-order valence-electron chi connectivity index (χ2n) is 5.25. The molecule has 2 rings (SSSR count). The molecule has 25 heavy (non-hydrogen) atoms. The van der Waals surface area contributed by atoms with E-state index in [1.807, 2.05) is 6.07 Å². The summed E-state index contributed by atoms with van der Waals surface area (Å²) < 4.78 is 31.9. The van der Waals surface area contributed by atoms with Crippen molar-refractivity contribution < 1.29 is 18.3 Å². The van der Waals surface area contributed by atoms with Crippen molar-refractivity contribution in [3.05, 3.63) is 51.4 Å². The van der Waals surface area contributed by atoms with Crippen molar-refractivity contribution in [1.82, 2.24) is 5.32 Å². The van der Waals surface area contributed by atoms with Gasteiger partial charge in [-0.3, -0.25) is 0 Å². The van der Waals surface area contributed by atoms with Gasteiger partial charge >= 0.3 is 5.97 Å². The number of carbonyl (C=O) groups excluding carboxylic acids is 1. The molecule has 0 spiro atoms. The molecule has 5 nitrogen and oxygen atoms in total. The molecule has 1 aromatic carbocycles. The number of rotatable bonds is 6. The molecule has 0 saturated heterocycles. The van der Waals surface area contributed by atoms with E-state index >= 15 is 0 Å². The lowest BCUT2D eigenvalue weighted by Crippen LogP contribution is -2.21. The van der Waals surface area contributed by atoms with Crippen molar-refractivity contribution in [2.24, 2.45) is 0 Å². The van der Waals surface area contributed by atoms with Crippen LogP contribution in [0.3, 0.4) is 0 Å². The van der Waals surface area contributed by atoms with Gasteiger partial charge in [-0.2, -0.15) is 5.26 Å². The number of nitriles is 1. The number of ether oxygens (including phenoxy) is 1. The summed E-state index contributed by atoms with van der Waals surface area (Å²) in [7, 11) is 0. The highest BCUT2D eigenvalue weighted by Crippen LogP contribution is 2.31. The number of nitrogens with zero attached hydrogens (tertiary/aromatic N) is 1. The van der Waals surface area contributed by atoms with Crippen LogP contribution in [0, 0.1) is 23.0 Å². The Kier molecular flexibility index (Phi) is 6.07. The van der Waals surface area contributed by atoms with Crippen LogP contribution in [0.25, 0.3) is 0 Å². The van der Waals surface area contributed by atoms with Crippen LogP contribution in [-0.4, -0.2) is 12.6 Å². The van der Waals surface area contributed by atoms with Gasteiger partial charge < -0.3 is 15.8 Å². The van der Waals surface area contributed by atoms with E-state index in [-0.39, 0.29) is 34.2 Å². The van der Waals surface area contributed by atoms with Gasteiger partial charge in [0.05, 0.1) is 12.2 Å². The molecule has 0 bridgehead atoms. The number of nitrogen functional groups attached to an aromatic ring is 1. The molecule has 1 heterocycles. The van der Waals surface area contributed by atoms with Crippen molar-refractivity contribution in [1.29, 1.82) is 5.26 Å². The van der Waals surface area contributed by atoms with E-state index in [1.165, 1.54) is 12.1 Å². The van der Waals surface area contributed by atoms with Crippen LogP contribution >= 0.6 is 11.3 Å². The Morgan fingerprint density at radius 3 is 2.80 bits per heavy atom. The lowest BCUT2D eigenvalue weighted by molar-refractivity contribution is 0.0530. The third-order valence-corrected chi connectivity index (χ3v) is 4.66. The van der Waals surface area contributed by atoms with Gasteiger partial charge in [0.1, 0.15) is 27.6 Å². The average molecular weight is 365 g/mol. The Labute approximate surface area is 148 Å². The highest BCUT2D eigenvalue weighted by molar-refractivity contribution is 7.18. The highest BCUT2D eigenvalue weighted by atomic mass is 32.1. The van der Waals surface area contributed by atoms with Crippen molar-refractivity contribution >= 4 is 22.3 Å². The third kappa shape index (κ3) is 4.13. The lowest BCUT2D eigenvalue weighted by atomic mass is 10.1. The van der Waals surface area contributed by atoms with Gasteiger partial charge in [0.15, 0.2) is 0 Å². The van der Waals surface area contributed by atoms with Crippen LogP contribution in [0.2, 0.25) is 0 Å². The molecule has 0 aliphatic rings. The first-order valence-electron chi connectivity index (χ1n) is 7.55. The zero-order valence-corrected chi connectivity index (χ0v) is 14.5. The number of benzene rings is 1. The molecule has 0 aliphatic carbocycles. The van der Waals surface area contributed by atoms with Gasteiger partial charge in [-0.15, -0.1) is 11.3 Å². The molecule has 0 aliphatic heterocycles. The molecule has 132 valence electrons. The van der Waals surface area contributed by atoms with Crippen LogP contribution in [0.4, 0.5) is 13.8 Å². The summed E-state index contributed by atoms with van der Waals surface area (Å²) in [5.41, 5.74) is 6.70. The van der Waals surface area contributed by atoms with Crippen molar-refractivity contribution in [2.45, 2.75) is 26.4 Å². The molecule has 3 N–H and O–H groups in total. The summed E-state index contributed by atoms with van der Waals surface area (Å²) >= 11 is 0.983. The predicted octanol–water partition coefficient (Wildman–Crippen LogP) is 3.51. The molecule has 1 aromatic heterocycles. The number of nitrogens with two attached hydrogens (primary N) is 1. The third-order valence-electron chi connectivity index (χ3n) is 3.62. The quantitative estimate of drug-likeness (QED) is 0.765. The van der Waals surface area contributed by atoms with Gasteiger partial charge in [-0.1, -0.05) is 6.07 Å². The fraction of sp³-hybridized carbons (Fsp3) is 0.294. The molecule has 2 aromatic rings. The number of thiophene rings is 1. The molecule has 0 amide bonds. The number of carbonyl (C=O) groups is 1. The zero-order chi connectivity index (χ0) is 18.6. The number of anilines is 1. The van der Waals surface area contributed by atoms with E-state index < -0.39 is 23.6 Å².